The van der Waals surface area contributed by atoms with Crippen molar-refractivity contribution < 1.29 is 19.1 Å². The number of hydrogen-bond donors (Lipinski definition) is 1. The topological polar surface area (TPSA) is 77.0 Å². The summed E-state index contributed by atoms with van der Waals surface area (Å²) in [6.07, 6.45) is 2.57. The third kappa shape index (κ3) is 6.05. The summed E-state index contributed by atoms with van der Waals surface area (Å²) in [5.74, 6) is 1.24. The van der Waals surface area contributed by atoms with Gasteiger partial charge in [0.25, 0.3) is 0 Å². The molecule has 0 aliphatic rings. The van der Waals surface area contributed by atoms with Crippen molar-refractivity contribution in [3.05, 3.63) is 59.7 Å². The number of benzene rings is 2. The van der Waals surface area contributed by atoms with Crippen LogP contribution in [0.15, 0.2) is 53.6 Å². The number of methoxy groups -OCH3 is 2. The maximum atomic E-state index is 12.1. The molecule has 0 aromatic heterocycles. The minimum absolute atomic E-state index is 0.00203. The standard InChI is InChI=1S/C20H22N2O4/c1-25-17-10-6-15(7-11-17)14-21-22-20(24)5-3-4-19(23)16-8-12-18(26-2)13-9-16/h6-14H,3-5H2,1-2H3,(H,22,24). The summed E-state index contributed by atoms with van der Waals surface area (Å²) in [7, 11) is 3.18. The van der Waals surface area contributed by atoms with Crippen LogP contribution in [0, 0.1) is 0 Å². The lowest BCUT2D eigenvalue weighted by atomic mass is 10.1. The summed E-state index contributed by atoms with van der Waals surface area (Å²) < 4.78 is 10.1. The third-order valence-corrected chi connectivity index (χ3v) is 3.74. The number of rotatable bonds is 9. The minimum atomic E-state index is -0.225. The maximum absolute atomic E-state index is 12.1. The van der Waals surface area contributed by atoms with Gasteiger partial charge in [-0.1, -0.05) is 0 Å². The van der Waals surface area contributed by atoms with Crippen LogP contribution in [0.1, 0.15) is 35.2 Å². The fraction of sp³-hybridized carbons (Fsp3) is 0.250. The molecule has 0 heterocycles. The molecule has 26 heavy (non-hydrogen) atoms. The molecule has 1 N–H and O–H groups in total. The first-order valence-corrected chi connectivity index (χ1v) is 8.25. The fourth-order valence-electron chi connectivity index (χ4n) is 2.26. The molecule has 2 aromatic carbocycles. The average Bonchev–Trinajstić information content (AvgIpc) is 2.68. The molecule has 2 aromatic rings. The Bertz CT molecular complexity index is 752. The van der Waals surface area contributed by atoms with E-state index >= 15 is 0 Å². The molecule has 0 unspecified atom stereocenters. The Kier molecular flexibility index (Phi) is 7.36. The van der Waals surface area contributed by atoms with Gasteiger partial charge in [0.2, 0.25) is 5.91 Å². The summed E-state index contributed by atoms with van der Waals surface area (Å²) in [4.78, 5) is 23.8. The minimum Gasteiger partial charge on any atom is -0.497 e. The second-order valence-electron chi connectivity index (χ2n) is 5.57. The summed E-state index contributed by atoms with van der Waals surface area (Å²) in [5.41, 5.74) is 3.92. The number of Topliss-reactive ketones (excluding diaryl/α,β-unsaturated/α-hetero) is 1. The second-order valence-corrected chi connectivity index (χ2v) is 5.57. The fourth-order valence-corrected chi connectivity index (χ4v) is 2.26. The first-order valence-electron chi connectivity index (χ1n) is 8.25. The van der Waals surface area contributed by atoms with Gasteiger partial charge in [-0.2, -0.15) is 5.10 Å². The molecule has 0 atom stereocenters. The lowest BCUT2D eigenvalue weighted by molar-refractivity contribution is -0.121. The highest BCUT2D eigenvalue weighted by Crippen LogP contribution is 2.14. The molecule has 0 saturated heterocycles. The van der Waals surface area contributed by atoms with Crippen LogP contribution in [-0.2, 0) is 4.79 Å². The third-order valence-electron chi connectivity index (χ3n) is 3.74. The van der Waals surface area contributed by atoms with Crippen LogP contribution in [0.4, 0.5) is 0 Å². The van der Waals surface area contributed by atoms with Gasteiger partial charge in [-0.15, -0.1) is 0 Å². The number of ketones is 1. The molecule has 0 saturated carbocycles. The Morgan fingerprint density at radius 1 is 0.923 bits per heavy atom. The molecule has 6 heteroatoms. The Balaban J connectivity index is 1.70. The highest BCUT2D eigenvalue weighted by atomic mass is 16.5. The van der Waals surface area contributed by atoms with E-state index in [2.05, 4.69) is 10.5 Å². The zero-order valence-corrected chi connectivity index (χ0v) is 14.9. The van der Waals surface area contributed by atoms with Crippen molar-refractivity contribution in [2.75, 3.05) is 14.2 Å². The summed E-state index contributed by atoms with van der Waals surface area (Å²) >= 11 is 0. The van der Waals surface area contributed by atoms with Crippen molar-refractivity contribution in [1.82, 2.24) is 5.43 Å². The van der Waals surface area contributed by atoms with E-state index in [-0.39, 0.29) is 18.1 Å². The molecule has 136 valence electrons. The van der Waals surface area contributed by atoms with Crippen molar-refractivity contribution in [2.24, 2.45) is 5.10 Å². The van der Waals surface area contributed by atoms with E-state index in [4.69, 9.17) is 9.47 Å². The van der Waals surface area contributed by atoms with Crippen molar-refractivity contribution in [1.29, 1.82) is 0 Å². The van der Waals surface area contributed by atoms with E-state index in [1.54, 1.807) is 44.7 Å². The number of nitrogens with zero attached hydrogens (tertiary/aromatic N) is 1. The number of hydrazone groups is 1. The molecular formula is C20H22N2O4. The Hall–Kier alpha value is -3.15. The van der Waals surface area contributed by atoms with Gasteiger partial charge in [0, 0.05) is 18.4 Å². The molecular weight excluding hydrogens is 332 g/mol. The zero-order valence-electron chi connectivity index (χ0n) is 14.9. The van der Waals surface area contributed by atoms with Gasteiger partial charge in [0.15, 0.2) is 5.78 Å². The van der Waals surface area contributed by atoms with E-state index in [9.17, 15) is 9.59 Å². The van der Waals surface area contributed by atoms with Crippen LogP contribution in [0.2, 0.25) is 0 Å². The highest BCUT2D eigenvalue weighted by Gasteiger charge is 2.07. The monoisotopic (exact) mass is 354 g/mol. The number of ether oxygens (including phenoxy) is 2. The molecule has 0 bridgehead atoms. The number of carbonyl (C=O) groups is 2. The Labute approximate surface area is 152 Å². The van der Waals surface area contributed by atoms with E-state index in [1.807, 2.05) is 24.3 Å². The predicted molar refractivity (Wildman–Crippen MR) is 99.9 cm³/mol. The molecule has 0 aliphatic heterocycles. The maximum Gasteiger partial charge on any atom is 0.240 e. The van der Waals surface area contributed by atoms with Gasteiger partial charge < -0.3 is 9.47 Å². The van der Waals surface area contributed by atoms with Crippen molar-refractivity contribution in [3.63, 3.8) is 0 Å². The van der Waals surface area contributed by atoms with Crippen LogP contribution in [0.3, 0.4) is 0 Å². The first kappa shape index (κ1) is 19.2. The predicted octanol–water partition coefficient (Wildman–Crippen LogP) is 3.21. The quantitative estimate of drug-likeness (QED) is 0.426. The van der Waals surface area contributed by atoms with E-state index in [0.29, 0.717) is 24.2 Å². The average molecular weight is 354 g/mol. The van der Waals surface area contributed by atoms with Crippen LogP contribution >= 0.6 is 0 Å². The van der Waals surface area contributed by atoms with Crippen molar-refractivity contribution >= 4 is 17.9 Å². The lowest BCUT2D eigenvalue weighted by Gasteiger charge is -2.03. The normalized spacial score (nSPS) is 10.5. The van der Waals surface area contributed by atoms with E-state index in [0.717, 1.165) is 11.3 Å². The molecule has 6 nitrogen and oxygen atoms in total. The van der Waals surface area contributed by atoms with Crippen LogP contribution < -0.4 is 14.9 Å². The Morgan fingerprint density at radius 3 is 2.08 bits per heavy atom. The molecule has 0 radical (unpaired) electrons. The second kappa shape index (κ2) is 9.98. The van der Waals surface area contributed by atoms with Gasteiger partial charge in [-0.3, -0.25) is 9.59 Å². The van der Waals surface area contributed by atoms with E-state index < -0.39 is 0 Å². The number of amides is 1. The molecule has 0 fully saturated rings. The lowest BCUT2D eigenvalue weighted by Crippen LogP contribution is -2.17. The molecule has 2 rings (SSSR count). The Morgan fingerprint density at radius 2 is 1.50 bits per heavy atom. The zero-order chi connectivity index (χ0) is 18.8. The number of nitrogens with one attached hydrogen (secondary N) is 1. The molecule has 1 amide bonds. The summed E-state index contributed by atoms with van der Waals surface area (Å²) in [6.45, 7) is 0. The largest absolute Gasteiger partial charge is 0.497 e. The van der Waals surface area contributed by atoms with Gasteiger partial charge in [0.05, 0.1) is 20.4 Å². The van der Waals surface area contributed by atoms with E-state index in [1.165, 1.54) is 0 Å². The van der Waals surface area contributed by atoms with Crippen LogP contribution in [0.5, 0.6) is 11.5 Å². The smallest absolute Gasteiger partial charge is 0.240 e. The van der Waals surface area contributed by atoms with Crippen LogP contribution in [0.25, 0.3) is 0 Å². The number of carbonyl (C=O) groups excluding carboxylic acids is 2. The first-order chi connectivity index (χ1) is 12.6. The summed E-state index contributed by atoms with van der Waals surface area (Å²) in [6, 6.07) is 14.2. The van der Waals surface area contributed by atoms with Gasteiger partial charge >= 0.3 is 0 Å². The van der Waals surface area contributed by atoms with Crippen LogP contribution in [-0.4, -0.2) is 32.1 Å². The van der Waals surface area contributed by atoms with Gasteiger partial charge in [0.1, 0.15) is 11.5 Å². The summed E-state index contributed by atoms with van der Waals surface area (Å²) in [5, 5.41) is 3.91. The SMILES string of the molecule is COc1ccc(C=NNC(=O)CCCC(=O)c2ccc(OC)cc2)cc1. The highest BCUT2D eigenvalue weighted by molar-refractivity contribution is 5.96. The number of hydrogen-bond acceptors (Lipinski definition) is 5. The molecule has 0 spiro atoms. The van der Waals surface area contributed by atoms with Crippen molar-refractivity contribution in [2.45, 2.75) is 19.3 Å². The van der Waals surface area contributed by atoms with Gasteiger partial charge in [-0.05, 0) is 60.5 Å². The molecule has 0 aliphatic carbocycles. The van der Waals surface area contributed by atoms with Crippen molar-refractivity contribution in [3.8, 4) is 11.5 Å². The van der Waals surface area contributed by atoms with Gasteiger partial charge in [-0.25, -0.2) is 5.43 Å².